The second-order valence-corrected chi connectivity index (χ2v) is 8.54. The lowest BCUT2D eigenvalue weighted by Gasteiger charge is -2.22. The number of nitrogens with one attached hydrogen (secondary N) is 2. The summed E-state index contributed by atoms with van der Waals surface area (Å²) in [5.41, 5.74) is 0.676. The molecule has 10 heteroatoms. The van der Waals surface area contributed by atoms with Gasteiger partial charge < -0.3 is 15.4 Å². The molecule has 0 saturated carbocycles. The first-order chi connectivity index (χ1) is 13.9. The zero-order chi connectivity index (χ0) is 20.9. The monoisotopic (exact) mass is 437 g/mol. The fraction of sp³-hybridized carbons (Fsp3) is 0.263. The molecule has 1 aliphatic rings. The van der Waals surface area contributed by atoms with Gasteiger partial charge in [-0.2, -0.15) is 4.31 Å². The summed E-state index contributed by atoms with van der Waals surface area (Å²) in [5.74, 6) is -1.73. The highest BCUT2D eigenvalue weighted by Gasteiger charge is 2.36. The van der Waals surface area contributed by atoms with Crippen LogP contribution in [0.25, 0.3) is 0 Å². The normalized spacial score (nSPS) is 17.1. The third kappa shape index (κ3) is 5.13. The van der Waals surface area contributed by atoms with Crippen LogP contribution in [0.3, 0.4) is 0 Å². The summed E-state index contributed by atoms with van der Waals surface area (Å²) in [7, 11) is -3.77. The first-order valence-electron chi connectivity index (χ1n) is 8.87. The molecule has 2 amide bonds. The Hall–Kier alpha value is -2.46. The second kappa shape index (κ2) is 9.36. The van der Waals surface area contributed by atoms with Crippen molar-refractivity contribution < 1.29 is 22.7 Å². The third-order valence-electron chi connectivity index (χ3n) is 4.33. The number of halogens is 1. The Balaban J connectivity index is 1.55. The van der Waals surface area contributed by atoms with Crippen molar-refractivity contribution in [2.24, 2.45) is 0 Å². The average molecular weight is 438 g/mol. The summed E-state index contributed by atoms with van der Waals surface area (Å²) < 4.78 is 32.1. The summed E-state index contributed by atoms with van der Waals surface area (Å²) in [6.07, 6.45) is -0.888. The molecular weight excluding hydrogens is 418 g/mol. The quantitative estimate of drug-likeness (QED) is 0.659. The van der Waals surface area contributed by atoms with E-state index in [2.05, 4.69) is 10.6 Å². The highest BCUT2D eigenvalue weighted by atomic mass is 35.5. The van der Waals surface area contributed by atoms with Crippen LogP contribution in [0.15, 0.2) is 59.5 Å². The lowest BCUT2D eigenvalue weighted by Crippen LogP contribution is -2.47. The van der Waals surface area contributed by atoms with Crippen molar-refractivity contribution in [2.75, 3.05) is 19.7 Å². The minimum atomic E-state index is -3.77. The van der Waals surface area contributed by atoms with Gasteiger partial charge in [0.05, 0.1) is 18.0 Å². The molecule has 0 aliphatic carbocycles. The van der Waals surface area contributed by atoms with Gasteiger partial charge >= 0.3 is 11.8 Å². The van der Waals surface area contributed by atoms with Crippen LogP contribution in [0.2, 0.25) is 5.02 Å². The van der Waals surface area contributed by atoms with Crippen molar-refractivity contribution in [1.82, 2.24) is 14.9 Å². The fourth-order valence-electron chi connectivity index (χ4n) is 2.83. The van der Waals surface area contributed by atoms with E-state index in [0.29, 0.717) is 10.6 Å². The zero-order valence-electron chi connectivity index (χ0n) is 15.4. The van der Waals surface area contributed by atoms with Gasteiger partial charge in [-0.05, 0) is 23.8 Å². The molecule has 0 spiro atoms. The molecule has 0 unspecified atom stereocenters. The van der Waals surface area contributed by atoms with E-state index in [4.69, 9.17) is 16.3 Å². The molecule has 2 aromatic carbocycles. The van der Waals surface area contributed by atoms with Crippen LogP contribution in [0.1, 0.15) is 5.56 Å². The van der Waals surface area contributed by atoms with Gasteiger partial charge in [-0.15, -0.1) is 0 Å². The maximum atomic E-state index is 12.8. The number of benzene rings is 2. The van der Waals surface area contributed by atoms with E-state index in [-0.39, 0.29) is 31.1 Å². The van der Waals surface area contributed by atoms with E-state index in [1.54, 1.807) is 42.5 Å². The van der Waals surface area contributed by atoms with Crippen molar-refractivity contribution in [3.63, 3.8) is 0 Å². The summed E-state index contributed by atoms with van der Waals surface area (Å²) >= 11 is 6.01. The summed E-state index contributed by atoms with van der Waals surface area (Å²) in [4.78, 5) is 24.2. The average Bonchev–Trinajstić information content (AvgIpc) is 3.21. The molecule has 2 aromatic rings. The van der Waals surface area contributed by atoms with E-state index in [9.17, 15) is 18.0 Å². The number of hydrogen-bond acceptors (Lipinski definition) is 5. The van der Waals surface area contributed by atoms with Crippen LogP contribution in [0.4, 0.5) is 0 Å². The van der Waals surface area contributed by atoms with Crippen LogP contribution >= 0.6 is 11.6 Å². The number of carbonyl (C=O) groups excluding carboxylic acids is 2. The molecule has 0 bridgehead atoms. The van der Waals surface area contributed by atoms with Crippen molar-refractivity contribution in [1.29, 1.82) is 0 Å². The predicted octanol–water partition coefficient (Wildman–Crippen LogP) is 1.12. The van der Waals surface area contributed by atoms with Gasteiger partial charge in [0.15, 0.2) is 0 Å². The Morgan fingerprint density at radius 2 is 1.69 bits per heavy atom. The van der Waals surface area contributed by atoms with E-state index in [0.717, 1.165) is 0 Å². The SMILES string of the molecule is O=C(NCc1ccccc1Cl)C(=O)NC[C@@H]1OCCN1S(=O)(=O)c1ccccc1. The Morgan fingerprint density at radius 1 is 1.03 bits per heavy atom. The van der Waals surface area contributed by atoms with Crippen LogP contribution in [-0.4, -0.2) is 50.5 Å². The molecule has 0 radical (unpaired) electrons. The number of rotatable bonds is 6. The lowest BCUT2D eigenvalue weighted by molar-refractivity contribution is -0.139. The van der Waals surface area contributed by atoms with Gasteiger partial charge in [0.1, 0.15) is 6.23 Å². The van der Waals surface area contributed by atoms with Gasteiger partial charge in [-0.1, -0.05) is 48.0 Å². The molecular formula is C19H20ClN3O5S. The maximum absolute atomic E-state index is 12.8. The molecule has 1 heterocycles. The van der Waals surface area contributed by atoms with Gasteiger partial charge in [0.25, 0.3) is 0 Å². The predicted molar refractivity (Wildman–Crippen MR) is 106 cm³/mol. The van der Waals surface area contributed by atoms with Crippen LogP contribution in [-0.2, 0) is 30.9 Å². The van der Waals surface area contributed by atoms with E-state index in [1.165, 1.54) is 16.4 Å². The number of carbonyl (C=O) groups is 2. The number of hydrogen-bond donors (Lipinski definition) is 2. The van der Waals surface area contributed by atoms with Crippen LogP contribution in [0, 0.1) is 0 Å². The Kier molecular flexibility index (Phi) is 6.86. The van der Waals surface area contributed by atoms with Gasteiger partial charge in [0.2, 0.25) is 10.0 Å². The minimum absolute atomic E-state index is 0.0976. The largest absolute Gasteiger partial charge is 0.359 e. The molecule has 1 atom stereocenters. The van der Waals surface area contributed by atoms with Crippen molar-refractivity contribution in [3.05, 3.63) is 65.2 Å². The van der Waals surface area contributed by atoms with Crippen molar-refractivity contribution >= 4 is 33.4 Å². The first kappa shape index (κ1) is 21.3. The molecule has 8 nitrogen and oxygen atoms in total. The van der Waals surface area contributed by atoms with E-state index < -0.39 is 28.1 Å². The summed E-state index contributed by atoms with van der Waals surface area (Å²) in [6.45, 7) is 0.312. The summed E-state index contributed by atoms with van der Waals surface area (Å²) in [6, 6.07) is 14.9. The number of sulfonamides is 1. The number of nitrogens with zero attached hydrogens (tertiary/aromatic N) is 1. The van der Waals surface area contributed by atoms with Crippen LogP contribution in [0.5, 0.6) is 0 Å². The van der Waals surface area contributed by atoms with Crippen LogP contribution < -0.4 is 10.6 Å². The van der Waals surface area contributed by atoms with E-state index >= 15 is 0 Å². The smallest absolute Gasteiger partial charge is 0.309 e. The number of ether oxygens (including phenoxy) is 1. The molecule has 1 aliphatic heterocycles. The first-order valence-corrected chi connectivity index (χ1v) is 10.7. The highest BCUT2D eigenvalue weighted by molar-refractivity contribution is 7.89. The maximum Gasteiger partial charge on any atom is 0.309 e. The standard InChI is InChI=1S/C19H20ClN3O5S/c20-16-9-5-4-6-14(16)12-21-18(24)19(25)22-13-17-23(10-11-28-17)29(26,27)15-7-2-1-3-8-15/h1-9,17H,10-13H2,(H,21,24)(H,22,25)/t17-/m0/s1. The Labute approximate surface area is 173 Å². The highest BCUT2D eigenvalue weighted by Crippen LogP contribution is 2.21. The fourth-order valence-corrected chi connectivity index (χ4v) is 4.56. The Bertz CT molecular complexity index is 984. The lowest BCUT2D eigenvalue weighted by atomic mass is 10.2. The number of amides is 2. The van der Waals surface area contributed by atoms with Gasteiger partial charge in [0, 0.05) is 18.1 Å². The van der Waals surface area contributed by atoms with Crippen molar-refractivity contribution in [3.8, 4) is 0 Å². The Morgan fingerprint density at radius 3 is 2.41 bits per heavy atom. The molecule has 154 valence electrons. The summed E-state index contributed by atoms with van der Waals surface area (Å²) in [5, 5.41) is 5.37. The van der Waals surface area contributed by atoms with E-state index in [1.807, 2.05) is 0 Å². The topological polar surface area (TPSA) is 105 Å². The molecule has 3 rings (SSSR count). The molecule has 2 N–H and O–H groups in total. The van der Waals surface area contributed by atoms with Gasteiger partial charge in [-0.25, -0.2) is 8.42 Å². The molecule has 0 aromatic heterocycles. The molecule has 1 fully saturated rings. The van der Waals surface area contributed by atoms with Gasteiger partial charge in [-0.3, -0.25) is 9.59 Å². The second-order valence-electron chi connectivity index (χ2n) is 6.24. The zero-order valence-corrected chi connectivity index (χ0v) is 16.9. The molecule has 1 saturated heterocycles. The van der Waals surface area contributed by atoms with Crippen molar-refractivity contribution in [2.45, 2.75) is 17.7 Å². The minimum Gasteiger partial charge on any atom is -0.359 e. The third-order valence-corrected chi connectivity index (χ3v) is 6.61. The molecule has 29 heavy (non-hydrogen) atoms.